The van der Waals surface area contributed by atoms with Crippen LogP contribution in [0.4, 0.5) is 6.01 Å². The fourth-order valence-corrected chi connectivity index (χ4v) is 4.25. The molecule has 2 aromatic rings. The maximum atomic E-state index is 12.7. The van der Waals surface area contributed by atoms with E-state index in [2.05, 4.69) is 33.5 Å². The molecule has 0 radical (unpaired) electrons. The molecule has 2 aliphatic heterocycles. The number of nitrogens with zero attached hydrogens (tertiary/aromatic N) is 4. The van der Waals surface area contributed by atoms with Crippen LogP contribution in [-0.2, 0) is 4.79 Å². The first-order valence-corrected chi connectivity index (χ1v) is 9.69. The van der Waals surface area contributed by atoms with Gasteiger partial charge in [-0.15, -0.1) is 0 Å². The molecule has 1 amide bonds. The van der Waals surface area contributed by atoms with Crippen molar-refractivity contribution in [2.24, 2.45) is 11.8 Å². The molecule has 0 bridgehead atoms. The number of benzene rings is 1. The molecule has 0 aliphatic carbocycles. The van der Waals surface area contributed by atoms with Crippen molar-refractivity contribution in [2.75, 3.05) is 50.7 Å². The molecule has 0 N–H and O–H groups in total. The zero-order chi connectivity index (χ0) is 18.1. The normalized spacial score (nSPS) is 25.0. The van der Waals surface area contributed by atoms with Gasteiger partial charge in [-0.3, -0.25) is 9.69 Å². The van der Waals surface area contributed by atoms with Gasteiger partial charge in [0.15, 0.2) is 5.58 Å². The van der Waals surface area contributed by atoms with Gasteiger partial charge in [0.25, 0.3) is 6.01 Å². The van der Waals surface area contributed by atoms with E-state index < -0.39 is 0 Å². The Morgan fingerprint density at radius 3 is 2.50 bits per heavy atom. The van der Waals surface area contributed by atoms with E-state index in [4.69, 9.17) is 4.42 Å². The Labute approximate surface area is 154 Å². The lowest BCUT2D eigenvalue weighted by Gasteiger charge is -2.38. The molecule has 1 aromatic carbocycles. The Morgan fingerprint density at radius 1 is 1.12 bits per heavy atom. The molecule has 4 rings (SSSR count). The number of para-hydroxylation sites is 2. The average molecular weight is 356 g/mol. The van der Waals surface area contributed by atoms with Crippen molar-refractivity contribution in [3.8, 4) is 0 Å². The van der Waals surface area contributed by atoms with Crippen LogP contribution in [0.1, 0.15) is 20.3 Å². The number of carbonyl (C=O) groups excluding carboxylic acids is 1. The van der Waals surface area contributed by atoms with Crippen LogP contribution in [0, 0.1) is 11.8 Å². The quantitative estimate of drug-likeness (QED) is 0.846. The van der Waals surface area contributed by atoms with Crippen LogP contribution in [0.15, 0.2) is 28.7 Å². The minimum absolute atomic E-state index is 0.277. The third kappa shape index (κ3) is 3.70. The minimum atomic E-state index is 0.277. The van der Waals surface area contributed by atoms with Crippen molar-refractivity contribution in [3.63, 3.8) is 0 Å². The van der Waals surface area contributed by atoms with Gasteiger partial charge < -0.3 is 14.2 Å². The first kappa shape index (κ1) is 17.3. The molecule has 140 valence electrons. The first-order chi connectivity index (χ1) is 12.6. The van der Waals surface area contributed by atoms with Crippen LogP contribution in [0.25, 0.3) is 11.1 Å². The number of piperidine rings is 1. The van der Waals surface area contributed by atoms with Crippen LogP contribution in [0.5, 0.6) is 0 Å². The number of amides is 1. The summed E-state index contributed by atoms with van der Waals surface area (Å²) >= 11 is 0. The molecule has 0 saturated carbocycles. The number of aromatic nitrogens is 1. The van der Waals surface area contributed by atoms with Gasteiger partial charge in [0.2, 0.25) is 5.91 Å². The van der Waals surface area contributed by atoms with Crippen LogP contribution >= 0.6 is 0 Å². The number of rotatable bonds is 3. The van der Waals surface area contributed by atoms with Gasteiger partial charge in [-0.05, 0) is 30.4 Å². The fraction of sp³-hybridized carbons (Fsp3) is 0.600. The molecular weight excluding hydrogens is 328 g/mol. The minimum Gasteiger partial charge on any atom is -0.423 e. The molecule has 6 nitrogen and oxygen atoms in total. The molecule has 3 heterocycles. The zero-order valence-electron chi connectivity index (χ0n) is 15.7. The molecule has 2 fully saturated rings. The van der Waals surface area contributed by atoms with E-state index in [1.54, 1.807) is 0 Å². The van der Waals surface area contributed by atoms with Crippen LogP contribution in [0.3, 0.4) is 0 Å². The Kier molecular flexibility index (Phi) is 4.85. The molecule has 2 saturated heterocycles. The predicted molar refractivity (Wildman–Crippen MR) is 102 cm³/mol. The topological polar surface area (TPSA) is 52.8 Å². The Bertz CT molecular complexity index is 723. The van der Waals surface area contributed by atoms with Crippen LogP contribution < -0.4 is 4.90 Å². The second-order valence-corrected chi connectivity index (χ2v) is 7.97. The maximum Gasteiger partial charge on any atom is 0.298 e. The lowest BCUT2D eigenvalue weighted by Crippen LogP contribution is -2.52. The summed E-state index contributed by atoms with van der Waals surface area (Å²) in [5.74, 6) is 1.50. The van der Waals surface area contributed by atoms with E-state index in [9.17, 15) is 4.79 Å². The van der Waals surface area contributed by atoms with Gasteiger partial charge in [0.05, 0.1) is 6.54 Å². The Morgan fingerprint density at radius 2 is 1.81 bits per heavy atom. The summed E-state index contributed by atoms with van der Waals surface area (Å²) in [6.07, 6.45) is 1.23. The summed E-state index contributed by atoms with van der Waals surface area (Å²) in [7, 11) is 0. The monoisotopic (exact) mass is 356 g/mol. The summed E-state index contributed by atoms with van der Waals surface area (Å²) < 4.78 is 5.86. The first-order valence-electron chi connectivity index (χ1n) is 9.69. The van der Waals surface area contributed by atoms with Crippen molar-refractivity contribution < 1.29 is 9.21 Å². The number of fused-ring (bicyclic) bond motifs is 1. The third-order valence-corrected chi connectivity index (χ3v) is 5.51. The van der Waals surface area contributed by atoms with Gasteiger partial charge >= 0.3 is 0 Å². The lowest BCUT2D eigenvalue weighted by molar-refractivity contribution is -0.135. The summed E-state index contributed by atoms with van der Waals surface area (Å²) in [6.45, 7) is 10.2. The van der Waals surface area contributed by atoms with E-state index in [1.807, 2.05) is 24.3 Å². The van der Waals surface area contributed by atoms with Crippen LogP contribution in [0.2, 0.25) is 0 Å². The lowest BCUT2D eigenvalue weighted by atomic mass is 9.92. The molecule has 1 aromatic heterocycles. The van der Waals surface area contributed by atoms with Crippen molar-refractivity contribution in [3.05, 3.63) is 24.3 Å². The fourth-order valence-electron chi connectivity index (χ4n) is 4.25. The van der Waals surface area contributed by atoms with E-state index in [1.165, 1.54) is 6.42 Å². The largest absolute Gasteiger partial charge is 0.423 e. The van der Waals surface area contributed by atoms with E-state index in [0.717, 1.165) is 50.4 Å². The highest BCUT2D eigenvalue weighted by Crippen LogP contribution is 2.23. The predicted octanol–water partition coefficient (Wildman–Crippen LogP) is 2.45. The summed E-state index contributed by atoms with van der Waals surface area (Å²) in [5, 5.41) is 0. The summed E-state index contributed by atoms with van der Waals surface area (Å²) in [5.41, 5.74) is 1.72. The molecule has 2 unspecified atom stereocenters. The van der Waals surface area contributed by atoms with Gasteiger partial charge in [-0.1, -0.05) is 26.0 Å². The molecule has 26 heavy (non-hydrogen) atoms. The Balaban J connectivity index is 1.31. The van der Waals surface area contributed by atoms with E-state index in [-0.39, 0.29) is 5.91 Å². The number of carbonyl (C=O) groups is 1. The van der Waals surface area contributed by atoms with Crippen molar-refractivity contribution in [1.82, 2.24) is 14.8 Å². The summed E-state index contributed by atoms with van der Waals surface area (Å²) in [6, 6.07) is 8.54. The van der Waals surface area contributed by atoms with Gasteiger partial charge in [0.1, 0.15) is 5.52 Å². The number of hydrogen-bond donors (Lipinski definition) is 0. The highest BCUT2D eigenvalue weighted by atomic mass is 16.4. The SMILES string of the molecule is CC1CC(C)CN(C(=O)CN2CCN(c3nc4ccccc4o3)CC2)C1. The summed E-state index contributed by atoms with van der Waals surface area (Å²) in [4.78, 5) is 23.7. The van der Waals surface area contributed by atoms with Crippen LogP contribution in [-0.4, -0.2) is 66.5 Å². The number of likely N-dealkylation sites (tertiary alicyclic amines) is 1. The molecule has 6 heteroatoms. The second kappa shape index (κ2) is 7.27. The van der Waals surface area contributed by atoms with E-state index >= 15 is 0 Å². The zero-order valence-corrected chi connectivity index (χ0v) is 15.7. The Hall–Kier alpha value is -2.08. The molecule has 0 spiro atoms. The highest BCUT2D eigenvalue weighted by molar-refractivity contribution is 5.78. The standard InChI is InChI=1S/C20H28N4O2/c1-15-11-16(2)13-24(12-15)19(25)14-22-7-9-23(10-8-22)20-21-17-5-3-4-6-18(17)26-20/h3-6,15-16H,7-14H2,1-2H3. The van der Waals surface area contributed by atoms with Crippen molar-refractivity contribution in [2.45, 2.75) is 20.3 Å². The molecule has 2 aliphatic rings. The third-order valence-electron chi connectivity index (χ3n) is 5.51. The molecular formula is C20H28N4O2. The van der Waals surface area contributed by atoms with Gasteiger partial charge in [-0.25, -0.2) is 0 Å². The number of oxazole rings is 1. The molecule has 2 atom stereocenters. The maximum absolute atomic E-state index is 12.7. The number of piperazine rings is 1. The second-order valence-electron chi connectivity index (χ2n) is 7.97. The van der Waals surface area contributed by atoms with Gasteiger partial charge in [-0.2, -0.15) is 4.98 Å². The number of hydrogen-bond acceptors (Lipinski definition) is 5. The smallest absolute Gasteiger partial charge is 0.298 e. The van der Waals surface area contributed by atoms with E-state index in [0.29, 0.717) is 24.4 Å². The van der Waals surface area contributed by atoms with Gasteiger partial charge in [0, 0.05) is 39.3 Å². The number of anilines is 1. The average Bonchev–Trinajstić information content (AvgIpc) is 3.05. The highest BCUT2D eigenvalue weighted by Gasteiger charge is 2.28. The van der Waals surface area contributed by atoms with Crippen molar-refractivity contribution in [1.29, 1.82) is 0 Å². The van der Waals surface area contributed by atoms with Crippen molar-refractivity contribution >= 4 is 23.0 Å².